The smallest absolute Gasteiger partial charge is 0.231 e. The summed E-state index contributed by atoms with van der Waals surface area (Å²) in [5, 5.41) is 21.4. The minimum absolute atomic E-state index is 0.639. The van der Waals surface area contributed by atoms with Gasteiger partial charge < -0.3 is 4.90 Å². The highest BCUT2D eigenvalue weighted by molar-refractivity contribution is 7.30. The molecule has 5 aromatic rings. The van der Waals surface area contributed by atoms with Gasteiger partial charge in [-0.1, -0.05) is 64.6 Å². The van der Waals surface area contributed by atoms with Gasteiger partial charge in [0.1, 0.15) is 9.83 Å². The number of fused-ring (bicyclic) bond motifs is 2. The molecule has 2 aromatic heterocycles. The molecule has 6 nitrogen and oxygen atoms in total. The molecule has 0 radical (unpaired) electrons. The predicted octanol–water partition coefficient (Wildman–Crippen LogP) is 9.50. The Hall–Kier alpha value is -3.49. The Labute approximate surface area is 206 Å². The zero-order valence-electron chi connectivity index (χ0n) is 19.3. The van der Waals surface area contributed by atoms with Crippen LogP contribution in [0.15, 0.2) is 87.2 Å². The zero-order chi connectivity index (χ0) is 23.5. The van der Waals surface area contributed by atoms with Gasteiger partial charge in [-0.2, -0.15) is 0 Å². The number of benzene rings is 3. The fourth-order valence-electron chi connectivity index (χ4n) is 3.81. The van der Waals surface area contributed by atoms with Crippen LogP contribution in [0.1, 0.15) is 19.4 Å². The Morgan fingerprint density at radius 2 is 1.56 bits per heavy atom. The number of aryl methyl sites for hydroxylation is 1. The molecule has 0 saturated carbocycles. The quantitative estimate of drug-likeness (QED) is 0.216. The van der Waals surface area contributed by atoms with E-state index in [1.54, 1.807) is 0 Å². The first-order valence-electron chi connectivity index (χ1n) is 11.2. The van der Waals surface area contributed by atoms with E-state index in [1.165, 1.54) is 39.3 Å². The molecule has 0 bridgehead atoms. The third-order valence-electron chi connectivity index (χ3n) is 5.59. The van der Waals surface area contributed by atoms with Crippen LogP contribution in [0.4, 0.5) is 27.2 Å². The second kappa shape index (κ2) is 9.79. The Morgan fingerprint density at radius 3 is 2.29 bits per heavy atom. The summed E-state index contributed by atoms with van der Waals surface area (Å²) in [6.45, 7) is 8.33. The lowest BCUT2D eigenvalue weighted by molar-refractivity contribution is 0.870. The molecule has 0 spiro atoms. The average molecular weight is 485 g/mol. The van der Waals surface area contributed by atoms with E-state index in [2.05, 4.69) is 75.4 Å². The molecular formula is C26H24N6S2. The van der Waals surface area contributed by atoms with Crippen molar-refractivity contribution in [2.24, 2.45) is 20.5 Å². The molecule has 0 N–H and O–H groups in total. The van der Waals surface area contributed by atoms with Crippen molar-refractivity contribution in [1.82, 2.24) is 4.98 Å². The van der Waals surface area contributed by atoms with Crippen LogP contribution in [-0.2, 0) is 0 Å². The summed E-state index contributed by atoms with van der Waals surface area (Å²) >= 11 is 3.02. The van der Waals surface area contributed by atoms with Crippen LogP contribution in [0.5, 0.6) is 0 Å². The number of thiazole rings is 1. The van der Waals surface area contributed by atoms with Gasteiger partial charge in [-0.15, -0.1) is 20.5 Å². The van der Waals surface area contributed by atoms with Crippen LogP contribution in [0.3, 0.4) is 0 Å². The maximum atomic E-state index is 4.63. The van der Waals surface area contributed by atoms with E-state index in [1.807, 2.05) is 42.5 Å². The molecule has 3 aromatic carbocycles. The number of thiophene rings is 1. The molecule has 0 saturated heterocycles. The van der Waals surface area contributed by atoms with Crippen LogP contribution < -0.4 is 4.90 Å². The molecule has 8 heteroatoms. The van der Waals surface area contributed by atoms with Crippen LogP contribution in [-0.4, -0.2) is 18.1 Å². The molecule has 0 unspecified atom stereocenters. The van der Waals surface area contributed by atoms with E-state index < -0.39 is 0 Å². The fourth-order valence-corrected chi connectivity index (χ4v) is 5.66. The van der Waals surface area contributed by atoms with Gasteiger partial charge in [-0.25, -0.2) is 4.98 Å². The average Bonchev–Trinajstić information content (AvgIpc) is 3.42. The highest BCUT2D eigenvalue weighted by Crippen LogP contribution is 2.40. The maximum absolute atomic E-state index is 4.63. The molecular weight excluding hydrogens is 460 g/mol. The van der Waals surface area contributed by atoms with Gasteiger partial charge in [0.2, 0.25) is 5.13 Å². The van der Waals surface area contributed by atoms with Crippen LogP contribution in [0.2, 0.25) is 0 Å². The molecule has 0 atom stereocenters. The summed E-state index contributed by atoms with van der Waals surface area (Å²) in [5.41, 5.74) is 4.11. The SMILES string of the molecule is CCN(CC)c1ccc(N=Nc2nc3sc(N=Nc4ccc(C)cc4)cc3s2)c2ccccc12. The summed E-state index contributed by atoms with van der Waals surface area (Å²) in [5.74, 6) is 0. The van der Waals surface area contributed by atoms with Crippen molar-refractivity contribution in [3.8, 4) is 0 Å². The number of rotatable bonds is 7. The maximum Gasteiger partial charge on any atom is 0.231 e. The summed E-state index contributed by atoms with van der Waals surface area (Å²) < 4.78 is 1.04. The molecule has 34 heavy (non-hydrogen) atoms. The summed E-state index contributed by atoms with van der Waals surface area (Å²) in [7, 11) is 0. The Bertz CT molecular complexity index is 1460. The third-order valence-corrected chi connectivity index (χ3v) is 7.52. The number of hydrogen-bond donors (Lipinski definition) is 0. The van der Waals surface area contributed by atoms with Gasteiger partial charge in [0.15, 0.2) is 0 Å². The van der Waals surface area contributed by atoms with E-state index in [0.717, 1.165) is 44.4 Å². The number of anilines is 1. The monoisotopic (exact) mass is 484 g/mol. The van der Waals surface area contributed by atoms with E-state index in [4.69, 9.17) is 0 Å². The molecule has 0 aliphatic carbocycles. The second-order valence-electron chi connectivity index (χ2n) is 7.81. The molecule has 0 aliphatic rings. The van der Waals surface area contributed by atoms with Gasteiger partial charge in [-0.3, -0.25) is 0 Å². The van der Waals surface area contributed by atoms with Crippen LogP contribution >= 0.6 is 22.7 Å². The molecule has 5 rings (SSSR count). The fraction of sp³-hybridized carbons (Fsp3) is 0.192. The van der Waals surface area contributed by atoms with E-state index in [-0.39, 0.29) is 0 Å². The lowest BCUT2D eigenvalue weighted by Gasteiger charge is -2.23. The van der Waals surface area contributed by atoms with Crippen molar-refractivity contribution < 1.29 is 0 Å². The number of hydrogen-bond acceptors (Lipinski definition) is 8. The van der Waals surface area contributed by atoms with Crippen molar-refractivity contribution in [3.63, 3.8) is 0 Å². The second-order valence-corrected chi connectivity index (χ2v) is 9.83. The first-order chi connectivity index (χ1) is 16.6. The van der Waals surface area contributed by atoms with Gasteiger partial charge >= 0.3 is 0 Å². The van der Waals surface area contributed by atoms with Crippen LogP contribution in [0, 0.1) is 6.92 Å². The minimum Gasteiger partial charge on any atom is -0.372 e. The van der Waals surface area contributed by atoms with Gasteiger partial charge in [0.05, 0.1) is 16.1 Å². The highest BCUT2D eigenvalue weighted by Gasteiger charge is 2.11. The van der Waals surface area contributed by atoms with Crippen LogP contribution in [0.25, 0.3) is 20.3 Å². The topological polar surface area (TPSA) is 65.6 Å². The Kier molecular flexibility index (Phi) is 6.42. The summed E-state index contributed by atoms with van der Waals surface area (Å²) in [6, 6.07) is 22.5. The van der Waals surface area contributed by atoms with Gasteiger partial charge in [-0.05, 0) is 51.1 Å². The normalized spacial score (nSPS) is 12.0. The van der Waals surface area contributed by atoms with E-state index in [9.17, 15) is 0 Å². The highest BCUT2D eigenvalue weighted by atomic mass is 32.1. The largest absolute Gasteiger partial charge is 0.372 e. The summed E-state index contributed by atoms with van der Waals surface area (Å²) in [6.07, 6.45) is 0. The third kappa shape index (κ3) is 4.60. The number of aromatic nitrogens is 1. The molecule has 170 valence electrons. The standard InChI is InChI=1S/C26H24N6S2/c1-4-32(5-2)22-15-14-21(19-8-6-7-9-20(19)22)29-31-26-27-25-23(33-26)16-24(34-25)30-28-18-12-10-17(3)11-13-18/h6-16H,4-5H2,1-3H3. The lowest BCUT2D eigenvalue weighted by atomic mass is 10.1. The number of azo groups is 2. The molecule has 2 heterocycles. The van der Waals surface area contributed by atoms with Gasteiger partial charge in [0, 0.05) is 29.5 Å². The molecule has 0 fully saturated rings. The van der Waals surface area contributed by atoms with Crippen molar-refractivity contribution in [3.05, 3.63) is 72.3 Å². The molecule has 0 amide bonds. The lowest BCUT2D eigenvalue weighted by Crippen LogP contribution is -2.21. The van der Waals surface area contributed by atoms with E-state index in [0.29, 0.717) is 5.13 Å². The molecule has 0 aliphatic heterocycles. The Morgan fingerprint density at radius 1 is 0.794 bits per heavy atom. The van der Waals surface area contributed by atoms with Gasteiger partial charge in [0.25, 0.3) is 0 Å². The Balaban J connectivity index is 1.39. The van der Waals surface area contributed by atoms with Crippen molar-refractivity contribution >= 4 is 70.2 Å². The first kappa shape index (κ1) is 22.3. The predicted molar refractivity (Wildman–Crippen MR) is 145 cm³/mol. The first-order valence-corrected chi connectivity index (χ1v) is 12.8. The summed E-state index contributed by atoms with van der Waals surface area (Å²) in [4.78, 5) is 7.89. The minimum atomic E-state index is 0.639. The van der Waals surface area contributed by atoms with Crippen molar-refractivity contribution in [2.75, 3.05) is 18.0 Å². The number of nitrogens with zero attached hydrogens (tertiary/aromatic N) is 6. The zero-order valence-corrected chi connectivity index (χ0v) is 20.9. The van der Waals surface area contributed by atoms with Crippen molar-refractivity contribution in [2.45, 2.75) is 20.8 Å². The van der Waals surface area contributed by atoms with Crippen molar-refractivity contribution in [1.29, 1.82) is 0 Å². The van der Waals surface area contributed by atoms with E-state index >= 15 is 0 Å².